The van der Waals surface area contributed by atoms with Crippen molar-refractivity contribution >= 4 is 17.4 Å². The fraction of sp³-hybridized carbons (Fsp3) is 0.130. The number of benzene rings is 3. The van der Waals surface area contributed by atoms with E-state index >= 15 is 0 Å². The molecule has 0 aromatic heterocycles. The molecule has 4 heteroatoms. The van der Waals surface area contributed by atoms with Gasteiger partial charge in [0.2, 0.25) is 0 Å². The summed E-state index contributed by atoms with van der Waals surface area (Å²) >= 11 is 0. The molecule has 0 fully saturated rings. The molecular weight excluding hydrogens is 338 g/mol. The number of rotatable bonds is 4. The van der Waals surface area contributed by atoms with Crippen LogP contribution in [-0.4, -0.2) is 16.8 Å². The van der Waals surface area contributed by atoms with Crippen LogP contribution in [0.2, 0.25) is 0 Å². The molecule has 0 bridgehead atoms. The van der Waals surface area contributed by atoms with Crippen LogP contribution in [0.1, 0.15) is 45.2 Å². The van der Waals surface area contributed by atoms with E-state index in [4.69, 9.17) is 0 Å². The largest absolute Gasteiger partial charge is 0.363 e. The minimum absolute atomic E-state index is 0.0379. The van der Waals surface area contributed by atoms with Crippen molar-refractivity contribution in [2.24, 2.45) is 0 Å². The molecule has 1 heterocycles. The van der Waals surface area contributed by atoms with Gasteiger partial charge in [-0.25, -0.2) is 0 Å². The summed E-state index contributed by atoms with van der Waals surface area (Å²) in [6.45, 7) is 1.81. The molecule has 27 heavy (non-hydrogen) atoms. The van der Waals surface area contributed by atoms with Gasteiger partial charge in [-0.05, 0) is 30.3 Å². The van der Waals surface area contributed by atoms with E-state index < -0.39 is 5.72 Å². The average Bonchev–Trinajstić information content (AvgIpc) is 2.96. The second kappa shape index (κ2) is 6.49. The lowest BCUT2D eigenvalue weighted by atomic mass is 9.93. The number of carbonyl (C=O) groups is 2. The van der Waals surface area contributed by atoms with Gasteiger partial charge in [-0.3, -0.25) is 14.5 Å². The summed E-state index contributed by atoms with van der Waals surface area (Å²) in [4.78, 5) is 26.5. The number of hydrogen-bond acceptors (Lipinski definition) is 3. The van der Waals surface area contributed by atoms with Gasteiger partial charge in [0.1, 0.15) is 0 Å². The summed E-state index contributed by atoms with van der Waals surface area (Å²) in [5.41, 5.74) is 1.15. The zero-order valence-electron chi connectivity index (χ0n) is 14.9. The van der Waals surface area contributed by atoms with E-state index in [1.807, 2.05) is 31.2 Å². The summed E-state index contributed by atoms with van der Waals surface area (Å²) in [5.74, 6) is -0.234. The molecule has 3 aromatic carbocycles. The van der Waals surface area contributed by atoms with E-state index in [0.29, 0.717) is 34.4 Å². The van der Waals surface area contributed by atoms with Crippen LogP contribution >= 0.6 is 0 Å². The Kier molecular flexibility index (Phi) is 4.13. The maximum atomic E-state index is 13.2. The lowest BCUT2D eigenvalue weighted by molar-refractivity contribution is 0.0703. The first-order chi connectivity index (χ1) is 13.1. The summed E-state index contributed by atoms with van der Waals surface area (Å²) < 4.78 is 0. The third kappa shape index (κ3) is 2.57. The van der Waals surface area contributed by atoms with Gasteiger partial charge in [0.15, 0.2) is 11.5 Å². The number of carbonyl (C=O) groups excluding carboxylic acids is 2. The highest BCUT2D eigenvalue weighted by molar-refractivity contribution is 6.12. The molecule has 0 aliphatic carbocycles. The van der Waals surface area contributed by atoms with Crippen molar-refractivity contribution in [1.29, 1.82) is 0 Å². The molecule has 0 spiro atoms. The Morgan fingerprint density at radius 3 is 2.22 bits per heavy atom. The highest BCUT2D eigenvalue weighted by Gasteiger charge is 2.50. The van der Waals surface area contributed by atoms with Crippen molar-refractivity contribution in [3.05, 3.63) is 101 Å². The van der Waals surface area contributed by atoms with Crippen molar-refractivity contribution < 1.29 is 14.7 Å². The maximum Gasteiger partial charge on any atom is 0.261 e. The van der Waals surface area contributed by atoms with E-state index in [2.05, 4.69) is 0 Å². The molecule has 1 atom stereocenters. The topological polar surface area (TPSA) is 57.6 Å². The van der Waals surface area contributed by atoms with Crippen LogP contribution in [0.25, 0.3) is 0 Å². The smallest absolute Gasteiger partial charge is 0.261 e. The summed E-state index contributed by atoms with van der Waals surface area (Å²) in [7, 11) is 0. The number of aliphatic hydroxyl groups is 1. The number of hydrogen-bond donors (Lipinski definition) is 1. The first kappa shape index (κ1) is 17.2. The quantitative estimate of drug-likeness (QED) is 0.714. The van der Waals surface area contributed by atoms with Crippen molar-refractivity contribution in [3.8, 4) is 0 Å². The average molecular weight is 357 g/mol. The Bertz CT molecular complexity index is 1010. The van der Waals surface area contributed by atoms with E-state index in [1.54, 1.807) is 54.6 Å². The predicted octanol–water partition coefficient (Wildman–Crippen LogP) is 4.13. The number of fused-ring (bicyclic) bond motifs is 1. The molecule has 4 nitrogen and oxygen atoms in total. The summed E-state index contributed by atoms with van der Waals surface area (Å²) in [6.07, 6.45) is 0.418. The molecule has 134 valence electrons. The Morgan fingerprint density at radius 1 is 0.926 bits per heavy atom. The fourth-order valence-electron chi connectivity index (χ4n) is 3.62. The first-order valence-corrected chi connectivity index (χ1v) is 8.92. The van der Waals surface area contributed by atoms with Gasteiger partial charge in [0, 0.05) is 34.4 Å². The Balaban J connectivity index is 1.88. The van der Waals surface area contributed by atoms with Gasteiger partial charge >= 0.3 is 0 Å². The molecule has 1 N–H and O–H groups in total. The maximum absolute atomic E-state index is 13.2. The van der Waals surface area contributed by atoms with Gasteiger partial charge in [-0.15, -0.1) is 0 Å². The molecule has 1 aliphatic rings. The van der Waals surface area contributed by atoms with Gasteiger partial charge < -0.3 is 5.11 Å². The third-order valence-electron chi connectivity index (χ3n) is 5.00. The number of ketones is 1. The molecule has 1 aliphatic heterocycles. The summed E-state index contributed by atoms with van der Waals surface area (Å²) in [5, 5.41) is 11.8. The van der Waals surface area contributed by atoms with Crippen LogP contribution in [0.4, 0.5) is 5.69 Å². The minimum atomic E-state index is -1.61. The number of nitrogens with zero attached hydrogens (tertiary/aromatic N) is 1. The second-order valence-corrected chi connectivity index (χ2v) is 6.55. The molecular formula is C23H19NO3. The standard InChI is InChI=1S/C23H19NO3/c1-2-21(25)16-12-14-18(15-13-16)24-22(26)19-10-6-7-11-20(19)23(24,27)17-8-4-3-5-9-17/h3-15,27H,2H2,1H3/t23-/m0/s1. The van der Waals surface area contributed by atoms with Gasteiger partial charge in [0.25, 0.3) is 5.91 Å². The summed E-state index contributed by atoms with van der Waals surface area (Å²) in [6, 6.07) is 23.0. The van der Waals surface area contributed by atoms with E-state index in [0.717, 1.165) is 0 Å². The highest BCUT2D eigenvalue weighted by Crippen LogP contribution is 2.44. The Morgan fingerprint density at radius 2 is 1.56 bits per heavy atom. The Hall–Kier alpha value is -3.24. The number of anilines is 1. The van der Waals surface area contributed by atoms with Crippen LogP contribution in [0.15, 0.2) is 78.9 Å². The van der Waals surface area contributed by atoms with Crippen molar-refractivity contribution in [1.82, 2.24) is 0 Å². The SMILES string of the molecule is CCC(=O)c1ccc(N2C(=O)c3ccccc3[C@@]2(O)c2ccccc2)cc1. The minimum Gasteiger partial charge on any atom is -0.363 e. The van der Waals surface area contributed by atoms with Crippen molar-refractivity contribution in [2.75, 3.05) is 4.90 Å². The molecule has 0 radical (unpaired) electrons. The normalized spacial score (nSPS) is 18.4. The monoisotopic (exact) mass is 357 g/mol. The van der Waals surface area contributed by atoms with Crippen LogP contribution in [0, 0.1) is 0 Å². The third-order valence-corrected chi connectivity index (χ3v) is 5.00. The van der Waals surface area contributed by atoms with Gasteiger partial charge in [-0.2, -0.15) is 0 Å². The van der Waals surface area contributed by atoms with Crippen LogP contribution in [0.5, 0.6) is 0 Å². The van der Waals surface area contributed by atoms with Crippen LogP contribution in [0.3, 0.4) is 0 Å². The molecule has 3 aromatic rings. The fourth-order valence-corrected chi connectivity index (χ4v) is 3.62. The van der Waals surface area contributed by atoms with E-state index in [-0.39, 0.29) is 11.7 Å². The molecule has 4 rings (SSSR count). The lowest BCUT2D eigenvalue weighted by Crippen LogP contribution is -2.45. The Labute approximate surface area is 157 Å². The van der Waals surface area contributed by atoms with Gasteiger partial charge in [0.05, 0.1) is 0 Å². The zero-order chi connectivity index (χ0) is 19.0. The number of amides is 1. The lowest BCUT2D eigenvalue weighted by Gasteiger charge is -2.35. The predicted molar refractivity (Wildman–Crippen MR) is 104 cm³/mol. The first-order valence-electron chi connectivity index (χ1n) is 8.92. The molecule has 0 saturated carbocycles. The van der Waals surface area contributed by atoms with E-state index in [9.17, 15) is 14.7 Å². The van der Waals surface area contributed by atoms with Crippen molar-refractivity contribution in [3.63, 3.8) is 0 Å². The molecule has 0 saturated heterocycles. The molecule has 0 unspecified atom stereocenters. The highest BCUT2D eigenvalue weighted by atomic mass is 16.3. The van der Waals surface area contributed by atoms with Gasteiger partial charge in [-0.1, -0.05) is 55.5 Å². The van der Waals surface area contributed by atoms with Crippen LogP contribution in [-0.2, 0) is 5.72 Å². The van der Waals surface area contributed by atoms with Crippen LogP contribution < -0.4 is 4.90 Å². The number of Topliss-reactive ketones (excluding diaryl/α,β-unsaturated/α-hetero) is 1. The van der Waals surface area contributed by atoms with Crippen molar-refractivity contribution in [2.45, 2.75) is 19.1 Å². The van der Waals surface area contributed by atoms with E-state index in [1.165, 1.54) is 4.90 Å². The molecule has 1 amide bonds. The zero-order valence-corrected chi connectivity index (χ0v) is 14.9. The second-order valence-electron chi connectivity index (χ2n) is 6.55.